The van der Waals surface area contributed by atoms with E-state index >= 15 is 0 Å². The first-order valence-electron chi connectivity index (χ1n) is 6.31. The molecule has 0 spiro atoms. The van der Waals surface area contributed by atoms with Crippen LogP contribution in [0.25, 0.3) is 20.4 Å². The maximum Gasteiger partial charge on any atom is 0.128 e. The van der Waals surface area contributed by atoms with Crippen LogP contribution in [0.4, 0.5) is 0 Å². The smallest absolute Gasteiger partial charge is 0.128 e. The summed E-state index contributed by atoms with van der Waals surface area (Å²) in [6, 6.07) is 2.06. The third-order valence-electron chi connectivity index (χ3n) is 3.35. The van der Waals surface area contributed by atoms with Gasteiger partial charge in [0.05, 0.1) is 0 Å². The Morgan fingerprint density at radius 1 is 0.952 bits per heavy atom. The molecule has 0 unspecified atom stereocenters. The molecule has 7 heteroatoms. The first kappa shape index (κ1) is 13.1. The molecular formula is C14H10N4S3. The summed E-state index contributed by atoms with van der Waals surface area (Å²) in [5.41, 5.74) is 1.26. The zero-order valence-electron chi connectivity index (χ0n) is 11.3. The minimum absolute atomic E-state index is 0.949. The lowest BCUT2D eigenvalue weighted by Crippen LogP contribution is -1.88. The van der Waals surface area contributed by atoms with Crippen molar-refractivity contribution < 1.29 is 0 Å². The molecule has 104 valence electrons. The molecule has 0 aliphatic heterocycles. The highest BCUT2D eigenvalue weighted by atomic mass is 32.2. The molecule has 0 saturated carbocycles. The van der Waals surface area contributed by atoms with E-state index in [-0.39, 0.29) is 0 Å². The maximum atomic E-state index is 4.47. The van der Waals surface area contributed by atoms with Gasteiger partial charge in [0.2, 0.25) is 0 Å². The zero-order valence-corrected chi connectivity index (χ0v) is 13.8. The second-order valence-electron chi connectivity index (χ2n) is 4.56. The molecule has 0 fully saturated rings. The van der Waals surface area contributed by atoms with E-state index in [4.69, 9.17) is 0 Å². The average Bonchev–Trinajstić information content (AvgIpc) is 3.06. The van der Waals surface area contributed by atoms with Crippen molar-refractivity contribution in [3.63, 3.8) is 0 Å². The summed E-state index contributed by atoms with van der Waals surface area (Å²) in [6.45, 7) is 4.25. The summed E-state index contributed by atoms with van der Waals surface area (Å²) in [6.07, 6.45) is 3.25. The maximum absolute atomic E-state index is 4.47. The van der Waals surface area contributed by atoms with Crippen LogP contribution < -0.4 is 0 Å². The summed E-state index contributed by atoms with van der Waals surface area (Å²) in [7, 11) is 0. The Hall–Kier alpha value is -1.57. The van der Waals surface area contributed by atoms with Crippen LogP contribution in [0.2, 0.25) is 0 Å². The lowest BCUT2D eigenvalue weighted by atomic mass is 10.2. The second-order valence-corrected chi connectivity index (χ2v) is 7.64. The number of aryl methyl sites for hydroxylation is 2. The Morgan fingerprint density at radius 2 is 1.71 bits per heavy atom. The van der Waals surface area contributed by atoms with Crippen molar-refractivity contribution in [1.82, 2.24) is 19.9 Å². The van der Waals surface area contributed by atoms with Gasteiger partial charge < -0.3 is 0 Å². The fourth-order valence-electron chi connectivity index (χ4n) is 2.17. The molecule has 4 aromatic heterocycles. The molecule has 4 aromatic rings. The van der Waals surface area contributed by atoms with Gasteiger partial charge in [-0.05, 0) is 42.6 Å². The van der Waals surface area contributed by atoms with Crippen LogP contribution in [0.15, 0.2) is 34.2 Å². The lowest BCUT2D eigenvalue weighted by molar-refractivity contribution is 1.07. The molecule has 4 rings (SSSR count). The van der Waals surface area contributed by atoms with Crippen LogP contribution in [0.1, 0.15) is 10.4 Å². The van der Waals surface area contributed by atoms with Crippen molar-refractivity contribution >= 4 is 54.9 Å². The molecule has 4 heterocycles. The van der Waals surface area contributed by atoms with Gasteiger partial charge in [-0.2, -0.15) is 0 Å². The van der Waals surface area contributed by atoms with Crippen molar-refractivity contribution in [1.29, 1.82) is 0 Å². The van der Waals surface area contributed by atoms with Crippen molar-refractivity contribution in [2.24, 2.45) is 0 Å². The van der Waals surface area contributed by atoms with Crippen molar-refractivity contribution in [3.05, 3.63) is 34.5 Å². The van der Waals surface area contributed by atoms with Gasteiger partial charge >= 0.3 is 0 Å². The van der Waals surface area contributed by atoms with Gasteiger partial charge in [0.25, 0.3) is 0 Å². The van der Waals surface area contributed by atoms with E-state index in [0.717, 1.165) is 30.5 Å². The summed E-state index contributed by atoms with van der Waals surface area (Å²) >= 11 is 4.93. The fraction of sp³-hybridized carbons (Fsp3) is 0.143. The van der Waals surface area contributed by atoms with Crippen LogP contribution in [0.3, 0.4) is 0 Å². The van der Waals surface area contributed by atoms with Gasteiger partial charge in [-0.1, -0.05) is 0 Å². The third-order valence-corrected chi connectivity index (χ3v) is 6.31. The first-order valence-corrected chi connectivity index (χ1v) is 8.82. The average molecular weight is 330 g/mol. The minimum atomic E-state index is 0.949. The Morgan fingerprint density at radius 3 is 2.57 bits per heavy atom. The van der Waals surface area contributed by atoms with Gasteiger partial charge in [-0.3, -0.25) is 0 Å². The molecule has 0 amide bonds. The Balaban J connectivity index is 1.90. The van der Waals surface area contributed by atoms with Gasteiger partial charge in [-0.15, -0.1) is 22.7 Å². The van der Waals surface area contributed by atoms with E-state index in [1.54, 1.807) is 47.1 Å². The van der Waals surface area contributed by atoms with Crippen molar-refractivity contribution in [2.45, 2.75) is 23.9 Å². The topological polar surface area (TPSA) is 51.6 Å². The predicted molar refractivity (Wildman–Crippen MR) is 88.4 cm³/mol. The Bertz CT molecular complexity index is 957. The normalized spacial score (nSPS) is 11.5. The van der Waals surface area contributed by atoms with Gasteiger partial charge in [0, 0.05) is 15.6 Å². The molecule has 0 radical (unpaired) electrons. The summed E-state index contributed by atoms with van der Waals surface area (Å²) in [4.78, 5) is 20.9. The Labute approximate surface area is 133 Å². The number of fused-ring (bicyclic) bond motifs is 2. The van der Waals surface area contributed by atoms with Crippen LogP contribution >= 0.6 is 34.4 Å². The van der Waals surface area contributed by atoms with Crippen molar-refractivity contribution in [2.75, 3.05) is 0 Å². The molecule has 0 N–H and O–H groups in total. The molecule has 0 aliphatic carbocycles. The van der Waals surface area contributed by atoms with Crippen LogP contribution in [-0.2, 0) is 0 Å². The second kappa shape index (κ2) is 5.01. The number of nitrogens with zero attached hydrogens (tertiary/aromatic N) is 4. The zero-order chi connectivity index (χ0) is 14.4. The molecule has 0 saturated heterocycles. The summed E-state index contributed by atoms with van der Waals surface area (Å²) in [5.74, 6) is 0. The van der Waals surface area contributed by atoms with Crippen molar-refractivity contribution in [3.8, 4) is 0 Å². The fourth-order valence-corrected chi connectivity index (χ4v) is 5.04. The monoisotopic (exact) mass is 330 g/mol. The number of hydrogen-bond donors (Lipinski definition) is 0. The number of thiophene rings is 2. The summed E-state index contributed by atoms with van der Waals surface area (Å²) in [5, 5.41) is 6.19. The molecule has 0 bridgehead atoms. The van der Waals surface area contributed by atoms with E-state index in [2.05, 4.69) is 39.8 Å². The minimum Gasteiger partial charge on any atom is -0.229 e. The highest BCUT2D eigenvalue weighted by molar-refractivity contribution is 7.99. The molecule has 0 aromatic carbocycles. The molecule has 0 aliphatic rings. The van der Waals surface area contributed by atoms with E-state index in [1.165, 1.54) is 10.4 Å². The standard InChI is InChI=1S/C14H10N4S3/c1-7-8(2)20-13-10(7)14(18-6-17-13)21-12-9-3-4-19-11(9)15-5-16-12/h3-6H,1-2H3. The number of aromatic nitrogens is 4. The summed E-state index contributed by atoms with van der Waals surface area (Å²) < 4.78 is 0. The van der Waals surface area contributed by atoms with E-state index in [9.17, 15) is 0 Å². The number of hydrogen-bond acceptors (Lipinski definition) is 7. The highest BCUT2D eigenvalue weighted by Crippen LogP contribution is 2.38. The molecular weight excluding hydrogens is 320 g/mol. The highest BCUT2D eigenvalue weighted by Gasteiger charge is 2.15. The Kier molecular flexibility index (Phi) is 3.13. The molecule has 21 heavy (non-hydrogen) atoms. The molecule has 4 nitrogen and oxygen atoms in total. The van der Waals surface area contributed by atoms with Crippen LogP contribution in [-0.4, -0.2) is 19.9 Å². The van der Waals surface area contributed by atoms with Gasteiger partial charge in [0.1, 0.15) is 32.4 Å². The van der Waals surface area contributed by atoms with Gasteiger partial charge in [-0.25, -0.2) is 19.9 Å². The SMILES string of the molecule is Cc1sc2ncnc(Sc3ncnc4sccc34)c2c1C. The van der Waals surface area contributed by atoms with Gasteiger partial charge in [0.15, 0.2) is 0 Å². The molecule has 0 atom stereocenters. The van der Waals surface area contributed by atoms with Crippen LogP contribution in [0, 0.1) is 13.8 Å². The van der Waals surface area contributed by atoms with E-state index < -0.39 is 0 Å². The number of rotatable bonds is 2. The predicted octanol–water partition coefficient (Wildman–Crippen LogP) is 4.46. The first-order chi connectivity index (χ1) is 10.2. The van der Waals surface area contributed by atoms with E-state index in [1.807, 2.05) is 5.38 Å². The third kappa shape index (κ3) is 2.12. The lowest BCUT2D eigenvalue weighted by Gasteiger charge is -2.03. The van der Waals surface area contributed by atoms with Crippen LogP contribution in [0.5, 0.6) is 0 Å². The largest absolute Gasteiger partial charge is 0.229 e. The van der Waals surface area contributed by atoms with E-state index in [0.29, 0.717) is 0 Å². The quantitative estimate of drug-likeness (QED) is 0.508.